The summed E-state index contributed by atoms with van der Waals surface area (Å²) in [5.74, 6) is 0.308. The van der Waals surface area contributed by atoms with Crippen LogP contribution in [0.1, 0.15) is 27.2 Å². The predicted molar refractivity (Wildman–Crippen MR) is 98.2 cm³/mol. The number of halogens is 1. The van der Waals surface area contributed by atoms with Gasteiger partial charge < -0.3 is 5.32 Å². The molecule has 2 aromatic carbocycles. The van der Waals surface area contributed by atoms with Crippen LogP contribution in [0, 0.1) is 12.7 Å². The zero-order chi connectivity index (χ0) is 18.3. The summed E-state index contributed by atoms with van der Waals surface area (Å²) in [4.78, 5) is 12.6. The molecule has 1 aliphatic heterocycles. The Hall–Kier alpha value is -2.80. The molecule has 0 unspecified atom stereocenters. The third-order valence-corrected chi connectivity index (χ3v) is 5.54. The minimum Gasteiger partial charge on any atom is -0.306 e. The highest BCUT2D eigenvalue weighted by Crippen LogP contribution is 2.32. The summed E-state index contributed by atoms with van der Waals surface area (Å²) in [6, 6.07) is 13.2. The van der Waals surface area contributed by atoms with Crippen LogP contribution in [-0.4, -0.2) is 19.9 Å². The van der Waals surface area contributed by atoms with Crippen molar-refractivity contribution in [1.29, 1.82) is 0 Å². The largest absolute Gasteiger partial charge is 0.306 e. The van der Waals surface area contributed by atoms with Crippen molar-refractivity contribution in [1.82, 2.24) is 9.78 Å². The first-order valence-electron chi connectivity index (χ1n) is 8.11. The number of amides is 1. The summed E-state index contributed by atoms with van der Waals surface area (Å²) in [5.41, 5.74) is 3.55. The van der Waals surface area contributed by atoms with Crippen LogP contribution in [0.15, 0.2) is 48.5 Å². The Kier molecular flexibility index (Phi) is 4.16. The Morgan fingerprint density at radius 2 is 2.00 bits per heavy atom. The molecule has 7 heteroatoms. The molecule has 0 fully saturated rings. The smallest absolute Gasteiger partial charge is 0.256 e. The summed E-state index contributed by atoms with van der Waals surface area (Å²) in [6.45, 7) is 1.96. The topological polar surface area (TPSA) is 64.0 Å². The normalized spacial score (nSPS) is 15.7. The van der Waals surface area contributed by atoms with Crippen molar-refractivity contribution >= 4 is 22.5 Å². The quantitative estimate of drug-likeness (QED) is 0.770. The molecule has 1 aromatic heterocycles. The molecule has 4 rings (SSSR count). The van der Waals surface area contributed by atoms with E-state index < -0.39 is 22.5 Å². The van der Waals surface area contributed by atoms with Crippen molar-refractivity contribution in [2.24, 2.45) is 0 Å². The van der Waals surface area contributed by atoms with Crippen LogP contribution in [0.5, 0.6) is 0 Å². The number of fused-ring (bicyclic) bond motifs is 1. The van der Waals surface area contributed by atoms with Gasteiger partial charge in [-0.15, -0.1) is 0 Å². The van der Waals surface area contributed by atoms with Gasteiger partial charge in [-0.2, -0.15) is 5.10 Å². The first-order chi connectivity index (χ1) is 12.5. The zero-order valence-corrected chi connectivity index (χ0v) is 14.8. The molecule has 0 aliphatic carbocycles. The summed E-state index contributed by atoms with van der Waals surface area (Å²) in [5, 5.41) is 7.41. The number of anilines is 1. The second-order valence-corrected chi connectivity index (χ2v) is 7.62. The Bertz CT molecular complexity index is 1050. The van der Waals surface area contributed by atoms with E-state index in [9.17, 15) is 13.4 Å². The second-order valence-electron chi connectivity index (χ2n) is 6.17. The molecule has 0 saturated carbocycles. The molecule has 0 spiro atoms. The van der Waals surface area contributed by atoms with Crippen molar-refractivity contribution in [3.05, 3.63) is 76.7 Å². The van der Waals surface area contributed by atoms with Gasteiger partial charge >= 0.3 is 0 Å². The standard InChI is InChI=1S/C19H16FN3O2S/c1-12-5-2-3-8-17(12)23-18(15-10-26(25)11-16(15)22-23)21-19(24)13-6-4-7-14(20)9-13/h2-9H,10-11H2,1H3,(H,21,24)/t26-/m1/s1. The van der Waals surface area contributed by atoms with Crippen molar-refractivity contribution in [3.63, 3.8) is 0 Å². The number of aromatic nitrogens is 2. The molecule has 0 bridgehead atoms. The van der Waals surface area contributed by atoms with E-state index >= 15 is 0 Å². The molecule has 3 aromatic rings. The van der Waals surface area contributed by atoms with Crippen molar-refractivity contribution in [3.8, 4) is 5.69 Å². The minimum absolute atomic E-state index is 0.218. The molecule has 0 saturated heterocycles. The maximum Gasteiger partial charge on any atom is 0.256 e. The van der Waals surface area contributed by atoms with Gasteiger partial charge in [0.05, 0.1) is 22.9 Å². The first-order valence-corrected chi connectivity index (χ1v) is 9.60. The summed E-state index contributed by atoms with van der Waals surface area (Å²) in [6.07, 6.45) is 0. The lowest BCUT2D eigenvalue weighted by Gasteiger charge is -2.13. The van der Waals surface area contributed by atoms with Crippen LogP contribution in [0.2, 0.25) is 0 Å². The number of carbonyl (C=O) groups is 1. The third-order valence-electron chi connectivity index (χ3n) is 4.33. The lowest BCUT2D eigenvalue weighted by Crippen LogP contribution is -2.17. The van der Waals surface area contributed by atoms with Crippen molar-refractivity contribution < 1.29 is 13.4 Å². The van der Waals surface area contributed by atoms with E-state index in [-0.39, 0.29) is 5.56 Å². The monoisotopic (exact) mass is 369 g/mol. The molecule has 2 heterocycles. The van der Waals surface area contributed by atoms with Crippen LogP contribution in [0.3, 0.4) is 0 Å². The third kappa shape index (κ3) is 2.94. The Balaban J connectivity index is 1.78. The number of hydrogen-bond donors (Lipinski definition) is 1. The Labute approximate surface area is 152 Å². The molecule has 132 valence electrons. The van der Waals surface area contributed by atoms with Crippen LogP contribution < -0.4 is 5.32 Å². The zero-order valence-electron chi connectivity index (χ0n) is 14.0. The number of nitrogens with one attached hydrogen (secondary N) is 1. The second kappa shape index (κ2) is 6.49. The van der Waals surface area contributed by atoms with Gasteiger partial charge in [0.1, 0.15) is 11.6 Å². The van der Waals surface area contributed by atoms with E-state index in [1.807, 2.05) is 31.2 Å². The maximum absolute atomic E-state index is 13.4. The molecule has 1 amide bonds. The molecular formula is C19H16FN3O2S. The molecule has 1 N–H and O–H groups in total. The lowest BCUT2D eigenvalue weighted by molar-refractivity contribution is 0.102. The van der Waals surface area contributed by atoms with Crippen molar-refractivity contribution in [2.45, 2.75) is 18.4 Å². The molecule has 26 heavy (non-hydrogen) atoms. The number of hydrogen-bond acceptors (Lipinski definition) is 3. The number of benzene rings is 2. The highest BCUT2D eigenvalue weighted by molar-refractivity contribution is 7.83. The fourth-order valence-corrected chi connectivity index (χ4v) is 4.31. The molecule has 1 atom stereocenters. The first kappa shape index (κ1) is 16.7. The van der Waals surface area contributed by atoms with Gasteiger partial charge in [-0.3, -0.25) is 9.00 Å². The average Bonchev–Trinajstić information content (AvgIpc) is 3.12. The van der Waals surface area contributed by atoms with Crippen molar-refractivity contribution in [2.75, 3.05) is 5.32 Å². The van der Waals surface area contributed by atoms with Gasteiger partial charge in [0, 0.05) is 21.9 Å². The molecule has 1 aliphatic rings. The van der Waals surface area contributed by atoms with Gasteiger partial charge in [-0.25, -0.2) is 9.07 Å². The summed E-state index contributed by atoms with van der Waals surface area (Å²) < 4.78 is 27.0. The van der Waals surface area contributed by atoms with E-state index in [0.717, 1.165) is 22.5 Å². The van der Waals surface area contributed by atoms with Gasteiger partial charge in [-0.1, -0.05) is 24.3 Å². The van der Waals surface area contributed by atoms with Crippen LogP contribution in [0.25, 0.3) is 5.69 Å². The number of rotatable bonds is 3. The van der Waals surface area contributed by atoms with Crippen LogP contribution >= 0.6 is 0 Å². The van der Waals surface area contributed by atoms with Gasteiger partial charge in [0.2, 0.25) is 0 Å². The van der Waals surface area contributed by atoms with E-state index in [0.29, 0.717) is 17.3 Å². The number of aryl methyl sites for hydroxylation is 1. The summed E-state index contributed by atoms with van der Waals surface area (Å²) >= 11 is 0. The number of carbonyl (C=O) groups excluding carboxylic acids is 1. The highest BCUT2D eigenvalue weighted by Gasteiger charge is 2.28. The number of nitrogens with zero attached hydrogens (tertiary/aromatic N) is 2. The van der Waals surface area contributed by atoms with Crippen LogP contribution in [-0.2, 0) is 22.3 Å². The highest BCUT2D eigenvalue weighted by atomic mass is 32.2. The van der Waals surface area contributed by atoms with E-state index in [1.54, 1.807) is 10.7 Å². The SMILES string of the molecule is Cc1ccccc1-n1nc2c(c1NC(=O)c1cccc(F)c1)C[S@@](=O)C2. The molecule has 5 nitrogen and oxygen atoms in total. The lowest BCUT2D eigenvalue weighted by atomic mass is 10.2. The number of para-hydroxylation sites is 1. The van der Waals surface area contributed by atoms with Crippen LogP contribution in [0.4, 0.5) is 10.2 Å². The molecular weight excluding hydrogens is 353 g/mol. The minimum atomic E-state index is -1.02. The van der Waals surface area contributed by atoms with E-state index in [2.05, 4.69) is 10.4 Å². The van der Waals surface area contributed by atoms with E-state index in [1.165, 1.54) is 18.2 Å². The van der Waals surface area contributed by atoms with Gasteiger partial charge in [-0.05, 0) is 36.8 Å². The Morgan fingerprint density at radius 1 is 1.19 bits per heavy atom. The predicted octanol–water partition coefficient (Wildman–Crippen LogP) is 3.33. The van der Waals surface area contributed by atoms with Gasteiger partial charge in [0.15, 0.2) is 0 Å². The van der Waals surface area contributed by atoms with E-state index in [4.69, 9.17) is 0 Å². The maximum atomic E-state index is 13.4. The fourth-order valence-electron chi connectivity index (χ4n) is 3.04. The summed E-state index contributed by atoms with van der Waals surface area (Å²) in [7, 11) is -1.02. The Morgan fingerprint density at radius 3 is 2.77 bits per heavy atom. The van der Waals surface area contributed by atoms with Gasteiger partial charge in [0.25, 0.3) is 5.91 Å². The molecule has 0 radical (unpaired) electrons. The average molecular weight is 369 g/mol. The fraction of sp³-hybridized carbons (Fsp3) is 0.158.